The van der Waals surface area contributed by atoms with E-state index >= 15 is 0 Å². The van der Waals surface area contributed by atoms with Gasteiger partial charge in [0, 0.05) is 0 Å². The van der Waals surface area contributed by atoms with Gasteiger partial charge in [-0.15, -0.1) is 0 Å². The van der Waals surface area contributed by atoms with Gasteiger partial charge in [-0.3, -0.25) is 0 Å². The predicted octanol–water partition coefficient (Wildman–Crippen LogP) is 2.89. The highest BCUT2D eigenvalue weighted by molar-refractivity contribution is 4.79. The monoisotopic (exact) mass is 140 g/mol. The molecule has 0 radical (unpaired) electrons. The molecule has 0 aromatic carbocycles. The third-order valence-corrected chi connectivity index (χ3v) is 1.15. The zero-order chi connectivity index (χ0) is 7.66. The Hall–Kier alpha value is -0.720. The molecular weight excluding hydrogens is 124 g/mol. The van der Waals surface area contributed by atoms with Crippen molar-refractivity contribution in [3.8, 4) is 0 Å². The van der Waals surface area contributed by atoms with Crippen LogP contribution >= 0.6 is 0 Å². The molecular formula is C9H16O. The molecule has 0 aliphatic heterocycles. The Morgan fingerprint density at radius 3 is 2.80 bits per heavy atom. The maximum Gasteiger partial charge on any atom is 0.0875 e. The van der Waals surface area contributed by atoms with Crippen molar-refractivity contribution >= 4 is 0 Å². The first-order valence-electron chi connectivity index (χ1n) is 3.79. The summed E-state index contributed by atoms with van der Waals surface area (Å²) >= 11 is 0. The van der Waals surface area contributed by atoms with Gasteiger partial charge in [0.2, 0.25) is 0 Å². The van der Waals surface area contributed by atoms with Crippen LogP contribution in [-0.2, 0) is 4.74 Å². The van der Waals surface area contributed by atoms with Gasteiger partial charge in [-0.05, 0) is 19.3 Å². The SMILES string of the molecule is C=COCCC/C=C/CC. The fraction of sp³-hybridized carbons (Fsp3) is 0.556. The average molecular weight is 140 g/mol. The minimum absolute atomic E-state index is 0.789. The number of unbranched alkanes of at least 4 members (excludes halogenated alkanes) is 1. The van der Waals surface area contributed by atoms with Crippen LogP contribution in [0.25, 0.3) is 0 Å². The molecule has 0 aliphatic carbocycles. The fourth-order valence-electron chi connectivity index (χ4n) is 0.652. The lowest BCUT2D eigenvalue weighted by Crippen LogP contribution is -1.84. The first-order chi connectivity index (χ1) is 4.91. The largest absolute Gasteiger partial charge is 0.502 e. The van der Waals surface area contributed by atoms with Crippen LogP contribution in [0.15, 0.2) is 25.0 Å². The third-order valence-electron chi connectivity index (χ3n) is 1.15. The molecule has 0 N–H and O–H groups in total. The first-order valence-corrected chi connectivity index (χ1v) is 3.79. The van der Waals surface area contributed by atoms with Crippen LogP contribution < -0.4 is 0 Å². The summed E-state index contributed by atoms with van der Waals surface area (Å²) < 4.78 is 4.94. The van der Waals surface area contributed by atoms with Gasteiger partial charge in [0.1, 0.15) is 0 Å². The van der Waals surface area contributed by atoms with E-state index in [1.807, 2.05) is 0 Å². The molecule has 1 nitrogen and oxygen atoms in total. The molecule has 0 aliphatic rings. The van der Waals surface area contributed by atoms with E-state index < -0.39 is 0 Å². The van der Waals surface area contributed by atoms with Crippen molar-refractivity contribution < 1.29 is 4.74 Å². The summed E-state index contributed by atoms with van der Waals surface area (Å²) in [4.78, 5) is 0. The molecule has 0 fully saturated rings. The van der Waals surface area contributed by atoms with Gasteiger partial charge in [0.25, 0.3) is 0 Å². The van der Waals surface area contributed by atoms with Crippen LogP contribution in [0.1, 0.15) is 26.2 Å². The van der Waals surface area contributed by atoms with Gasteiger partial charge < -0.3 is 4.74 Å². The molecule has 0 saturated carbocycles. The van der Waals surface area contributed by atoms with Crippen molar-refractivity contribution in [3.05, 3.63) is 25.0 Å². The number of ether oxygens (including phenoxy) is 1. The fourth-order valence-corrected chi connectivity index (χ4v) is 0.652. The van der Waals surface area contributed by atoms with Crippen LogP contribution in [-0.4, -0.2) is 6.61 Å². The lowest BCUT2D eigenvalue weighted by molar-refractivity contribution is 0.247. The molecule has 0 rings (SSSR count). The summed E-state index contributed by atoms with van der Waals surface area (Å²) in [5, 5.41) is 0. The molecule has 0 aromatic rings. The predicted molar refractivity (Wildman–Crippen MR) is 44.8 cm³/mol. The van der Waals surface area contributed by atoms with E-state index in [0.717, 1.165) is 25.9 Å². The molecule has 0 heterocycles. The second-order valence-corrected chi connectivity index (χ2v) is 2.06. The normalized spacial score (nSPS) is 10.1. The molecule has 0 spiro atoms. The number of hydrogen-bond donors (Lipinski definition) is 0. The van der Waals surface area contributed by atoms with E-state index in [1.165, 1.54) is 6.26 Å². The third kappa shape index (κ3) is 7.28. The number of hydrogen-bond acceptors (Lipinski definition) is 1. The van der Waals surface area contributed by atoms with Crippen molar-refractivity contribution in [1.82, 2.24) is 0 Å². The van der Waals surface area contributed by atoms with E-state index in [0.29, 0.717) is 0 Å². The summed E-state index contributed by atoms with van der Waals surface area (Å²) in [5.41, 5.74) is 0. The Morgan fingerprint density at radius 1 is 1.40 bits per heavy atom. The molecule has 1 heteroatoms. The van der Waals surface area contributed by atoms with Crippen molar-refractivity contribution in [2.45, 2.75) is 26.2 Å². The smallest absolute Gasteiger partial charge is 0.0875 e. The topological polar surface area (TPSA) is 9.23 Å². The van der Waals surface area contributed by atoms with Crippen LogP contribution in [0.2, 0.25) is 0 Å². The van der Waals surface area contributed by atoms with Gasteiger partial charge in [-0.2, -0.15) is 0 Å². The Labute approximate surface area is 63.4 Å². The van der Waals surface area contributed by atoms with E-state index in [9.17, 15) is 0 Å². The molecule has 10 heavy (non-hydrogen) atoms. The van der Waals surface area contributed by atoms with Crippen LogP contribution in [0.5, 0.6) is 0 Å². The lowest BCUT2D eigenvalue weighted by atomic mass is 10.3. The Morgan fingerprint density at radius 2 is 2.20 bits per heavy atom. The minimum atomic E-state index is 0.789. The second kappa shape index (κ2) is 8.28. The highest BCUT2D eigenvalue weighted by atomic mass is 16.5. The average Bonchev–Trinajstić information content (AvgIpc) is 1.97. The van der Waals surface area contributed by atoms with E-state index in [2.05, 4.69) is 25.7 Å². The van der Waals surface area contributed by atoms with E-state index in [-0.39, 0.29) is 0 Å². The second-order valence-electron chi connectivity index (χ2n) is 2.06. The summed E-state index contributed by atoms with van der Waals surface area (Å²) in [6.07, 6.45) is 9.18. The molecule has 0 amide bonds. The zero-order valence-corrected chi connectivity index (χ0v) is 6.68. The lowest BCUT2D eigenvalue weighted by Gasteiger charge is -1.95. The molecule has 0 bridgehead atoms. The maximum atomic E-state index is 4.94. The van der Waals surface area contributed by atoms with Gasteiger partial charge in [0.15, 0.2) is 0 Å². The Bertz CT molecular complexity index is 94.9. The Balaban J connectivity index is 2.89. The van der Waals surface area contributed by atoms with Crippen molar-refractivity contribution in [2.24, 2.45) is 0 Å². The molecule has 0 aromatic heterocycles. The summed E-state index contributed by atoms with van der Waals surface area (Å²) in [5.74, 6) is 0. The number of allylic oxidation sites excluding steroid dienone is 2. The van der Waals surface area contributed by atoms with Gasteiger partial charge in [-0.1, -0.05) is 25.7 Å². The summed E-state index contributed by atoms with van der Waals surface area (Å²) in [6.45, 7) is 6.38. The van der Waals surface area contributed by atoms with E-state index in [4.69, 9.17) is 4.74 Å². The van der Waals surface area contributed by atoms with E-state index in [1.54, 1.807) is 0 Å². The van der Waals surface area contributed by atoms with Crippen LogP contribution in [0.3, 0.4) is 0 Å². The summed E-state index contributed by atoms with van der Waals surface area (Å²) in [6, 6.07) is 0. The van der Waals surface area contributed by atoms with Crippen LogP contribution in [0.4, 0.5) is 0 Å². The van der Waals surface area contributed by atoms with Crippen molar-refractivity contribution in [3.63, 3.8) is 0 Å². The van der Waals surface area contributed by atoms with Crippen molar-refractivity contribution in [1.29, 1.82) is 0 Å². The molecule has 0 saturated heterocycles. The van der Waals surface area contributed by atoms with Gasteiger partial charge in [0.05, 0.1) is 12.9 Å². The molecule has 58 valence electrons. The minimum Gasteiger partial charge on any atom is -0.502 e. The van der Waals surface area contributed by atoms with Gasteiger partial charge in [-0.25, -0.2) is 0 Å². The zero-order valence-electron chi connectivity index (χ0n) is 6.68. The van der Waals surface area contributed by atoms with Gasteiger partial charge >= 0.3 is 0 Å². The standard InChI is InChI=1S/C9H16O/c1-3-5-6-7-8-9-10-4-2/h4-6H,2-3,7-9H2,1H3/b6-5+. The van der Waals surface area contributed by atoms with Crippen LogP contribution in [0, 0.1) is 0 Å². The highest BCUT2D eigenvalue weighted by Crippen LogP contribution is 1.92. The molecule has 0 atom stereocenters. The summed E-state index contributed by atoms with van der Waals surface area (Å²) in [7, 11) is 0. The number of rotatable bonds is 6. The maximum absolute atomic E-state index is 4.94. The quantitative estimate of drug-likeness (QED) is 0.313. The molecule has 0 unspecified atom stereocenters. The van der Waals surface area contributed by atoms with Crippen molar-refractivity contribution in [2.75, 3.05) is 6.61 Å². The highest BCUT2D eigenvalue weighted by Gasteiger charge is 1.80. The first kappa shape index (κ1) is 9.28. The Kier molecular flexibility index (Phi) is 7.68.